The van der Waals surface area contributed by atoms with Gasteiger partial charge < -0.3 is 9.64 Å². The molecule has 0 unspecified atom stereocenters. The lowest BCUT2D eigenvalue weighted by molar-refractivity contribution is 0.0531. The van der Waals surface area contributed by atoms with Crippen molar-refractivity contribution < 1.29 is 18.7 Å². The molecule has 1 saturated heterocycles. The second kappa shape index (κ2) is 7.23. The van der Waals surface area contributed by atoms with Gasteiger partial charge in [0.1, 0.15) is 15.7 Å². The molecule has 3 rings (SSSR count). The van der Waals surface area contributed by atoms with Crippen LogP contribution in [0, 0.1) is 12.7 Å². The van der Waals surface area contributed by atoms with Crippen LogP contribution < -0.4 is 4.90 Å². The van der Waals surface area contributed by atoms with E-state index in [-0.39, 0.29) is 17.8 Å². The number of aryl methyl sites for hydroxylation is 1. The van der Waals surface area contributed by atoms with Crippen molar-refractivity contribution in [1.82, 2.24) is 4.90 Å². The average Bonchev–Trinajstić information content (AvgIpc) is 3.13. The van der Waals surface area contributed by atoms with Crippen LogP contribution in [0.3, 0.4) is 0 Å². The van der Waals surface area contributed by atoms with Gasteiger partial charge in [-0.05, 0) is 43.2 Å². The van der Waals surface area contributed by atoms with Crippen LogP contribution in [-0.4, -0.2) is 36.6 Å². The van der Waals surface area contributed by atoms with E-state index in [0.29, 0.717) is 31.1 Å². The van der Waals surface area contributed by atoms with E-state index in [9.17, 15) is 14.0 Å². The lowest BCUT2D eigenvalue weighted by Crippen LogP contribution is -2.30. The van der Waals surface area contributed by atoms with E-state index in [1.54, 1.807) is 28.9 Å². The maximum absolute atomic E-state index is 13.0. The fourth-order valence-electron chi connectivity index (χ4n) is 2.74. The monoisotopic (exact) mass is 362 g/mol. The van der Waals surface area contributed by atoms with Gasteiger partial charge in [-0.15, -0.1) is 11.3 Å². The van der Waals surface area contributed by atoms with Crippen LogP contribution in [0.15, 0.2) is 30.3 Å². The highest BCUT2D eigenvalue weighted by atomic mass is 32.1. The zero-order valence-electron chi connectivity index (χ0n) is 14.1. The van der Waals surface area contributed by atoms with Gasteiger partial charge in [0.05, 0.1) is 6.61 Å². The van der Waals surface area contributed by atoms with Gasteiger partial charge in [0.15, 0.2) is 0 Å². The number of thiophene rings is 1. The number of halogens is 1. The number of ether oxygens (including phenoxy) is 1. The summed E-state index contributed by atoms with van der Waals surface area (Å²) in [7, 11) is 0. The van der Waals surface area contributed by atoms with E-state index < -0.39 is 0 Å². The van der Waals surface area contributed by atoms with Crippen molar-refractivity contribution in [2.45, 2.75) is 20.4 Å². The van der Waals surface area contributed by atoms with Gasteiger partial charge in [0.2, 0.25) is 0 Å². The molecule has 2 aromatic rings. The molecule has 2 amide bonds. The van der Waals surface area contributed by atoms with Crippen LogP contribution in [0.4, 0.5) is 14.2 Å². The molecule has 2 heterocycles. The molecular weight excluding hydrogens is 343 g/mol. The summed E-state index contributed by atoms with van der Waals surface area (Å²) in [6.45, 7) is 5.50. The van der Waals surface area contributed by atoms with Crippen molar-refractivity contribution in [3.63, 3.8) is 0 Å². The van der Waals surface area contributed by atoms with Gasteiger partial charge in [-0.2, -0.15) is 0 Å². The molecule has 0 saturated carbocycles. The van der Waals surface area contributed by atoms with Crippen molar-refractivity contribution in [2.24, 2.45) is 0 Å². The third-order valence-electron chi connectivity index (χ3n) is 4.01. The largest absolute Gasteiger partial charge is 0.462 e. The number of rotatable bonds is 5. The summed E-state index contributed by atoms with van der Waals surface area (Å²) in [6.07, 6.45) is 0. The molecule has 1 aromatic carbocycles. The number of carbonyl (C=O) groups excluding carboxylic acids is 2. The smallest absolute Gasteiger partial charge is 0.348 e. The Hall–Kier alpha value is -2.41. The van der Waals surface area contributed by atoms with Gasteiger partial charge in [-0.25, -0.2) is 14.0 Å². The summed E-state index contributed by atoms with van der Waals surface area (Å²) >= 11 is 1.27. The molecule has 5 nitrogen and oxygen atoms in total. The number of anilines is 1. The SMILES string of the molecule is CCOC(=O)c1sc(N2CCN(Cc3ccc(F)cc3)C2=O)cc1C. The zero-order chi connectivity index (χ0) is 18.0. The van der Waals surface area contributed by atoms with E-state index >= 15 is 0 Å². The van der Waals surface area contributed by atoms with Gasteiger partial charge in [-0.1, -0.05) is 12.1 Å². The molecule has 1 aliphatic rings. The molecule has 7 heteroatoms. The van der Waals surface area contributed by atoms with Crippen LogP contribution in [0.5, 0.6) is 0 Å². The highest BCUT2D eigenvalue weighted by Crippen LogP contribution is 2.33. The molecule has 25 heavy (non-hydrogen) atoms. The Morgan fingerprint density at radius 3 is 2.68 bits per heavy atom. The Morgan fingerprint density at radius 2 is 2.00 bits per heavy atom. The van der Waals surface area contributed by atoms with Crippen molar-refractivity contribution >= 4 is 28.3 Å². The Kier molecular flexibility index (Phi) is 5.03. The zero-order valence-corrected chi connectivity index (χ0v) is 14.9. The minimum absolute atomic E-state index is 0.110. The molecule has 0 bridgehead atoms. The predicted octanol–water partition coefficient (Wildman–Crippen LogP) is 3.81. The first-order chi connectivity index (χ1) is 12.0. The number of nitrogens with zero attached hydrogens (tertiary/aromatic N) is 2. The molecule has 1 fully saturated rings. The van der Waals surface area contributed by atoms with E-state index in [2.05, 4.69) is 0 Å². The lowest BCUT2D eigenvalue weighted by Gasteiger charge is -2.17. The van der Waals surface area contributed by atoms with Crippen LogP contribution in [-0.2, 0) is 11.3 Å². The molecule has 0 spiro atoms. The first-order valence-corrected chi connectivity index (χ1v) is 8.89. The maximum Gasteiger partial charge on any atom is 0.348 e. The standard InChI is InChI=1S/C18H19FN2O3S/c1-3-24-17(22)16-12(2)10-15(25-16)21-9-8-20(18(21)23)11-13-4-6-14(19)7-5-13/h4-7,10H,3,8-9,11H2,1-2H3. The van der Waals surface area contributed by atoms with Crippen LogP contribution in [0.1, 0.15) is 27.7 Å². The van der Waals surface area contributed by atoms with Crippen molar-refractivity contribution in [1.29, 1.82) is 0 Å². The van der Waals surface area contributed by atoms with Gasteiger partial charge in [-0.3, -0.25) is 4.90 Å². The number of hydrogen-bond acceptors (Lipinski definition) is 4. The highest BCUT2D eigenvalue weighted by molar-refractivity contribution is 7.18. The van der Waals surface area contributed by atoms with Crippen LogP contribution in [0.2, 0.25) is 0 Å². The second-order valence-electron chi connectivity index (χ2n) is 5.80. The van der Waals surface area contributed by atoms with Crippen LogP contribution >= 0.6 is 11.3 Å². The second-order valence-corrected chi connectivity index (χ2v) is 6.83. The van der Waals surface area contributed by atoms with E-state index in [4.69, 9.17) is 4.74 Å². The summed E-state index contributed by atoms with van der Waals surface area (Å²) in [4.78, 5) is 28.5. The fraction of sp³-hybridized carbons (Fsp3) is 0.333. The van der Waals surface area contributed by atoms with Crippen molar-refractivity contribution in [3.8, 4) is 0 Å². The Bertz CT molecular complexity index is 788. The third kappa shape index (κ3) is 3.66. The fourth-order valence-corrected chi connectivity index (χ4v) is 3.83. The Balaban J connectivity index is 1.72. The topological polar surface area (TPSA) is 49.9 Å². The van der Waals surface area contributed by atoms with Crippen LogP contribution in [0.25, 0.3) is 0 Å². The molecule has 0 radical (unpaired) electrons. The molecule has 1 aliphatic heterocycles. The molecule has 0 N–H and O–H groups in total. The number of urea groups is 1. The van der Waals surface area contributed by atoms with Crippen molar-refractivity contribution in [2.75, 3.05) is 24.6 Å². The van der Waals surface area contributed by atoms with Gasteiger partial charge >= 0.3 is 12.0 Å². The number of benzene rings is 1. The summed E-state index contributed by atoms with van der Waals surface area (Å²) in [5, 5.41) is 0.743. The molecule has 132 valence electrons. The Labute approximate surface area is 149 Å². The number of hydrogen-bond donors (Lipinski definition) is 0. The van der Waals surface area contributed by atoms with E-state index in [1.165, 1.54) is 23.5 Å². The summed E-state index contributed by atoms with van der Waals surface area (Å²) in [5.74, 6) is -0.648. The molecule has 0 aliphatic carbocycles. The quantitative estimate of drug-likeness (QED) is 0.760. The summed E-state index contributed by atoms with van der Waals surface area (Å²) < 4.78 is 18.0. The van der Waals surface area contributed by atoms with Gasteiger partial charge in [0, 0.05) is 19.6 Å². The predicted molar refractivity (Wildman–Crippen MR) is 94.6 cm³/mol. The first-order valence-electron chi connectivity index (χ1n) is 8.08. The lowest BCUT2D eigenvalue weighted by atomic mass is 10.2. The molecule has 1 aromatic heterocycles. The van der Waals surface area contributed by atoms with Crippen molar-refractivity contribution in [3.05, 3.63) is 52.2 Å². The summed E-state index contributed by atoms with van der Waals surface area (Å²) in [6, 6.07) is 7.87. The minimum atomic E-state index is -0.355. The van der Waals surface area contributed by atoms with E-state index in [1.807, 2.05) is 13.0 Å². The number of esters is 1. The molecule has 0 atom stereocenters. The number of carbonyl (C=O) groups is 2. The van der Waals surface area contributed by atoms with E-state index in [0.717, 1.165) is 16.1 Å². The normalized spacial score (nSPS) is 14.3. The summed E-state index contributed by atoms with van der Waals surface area (Å²) in [5.41, 5.74) is 1.69. The highest BCUT2D eigenvalue weighted by Gasteiger charge is 2.31. The maximum atomic E-state index is 13.0. The van der Waals surface area contributed by atoms with Gasteiger partial charge in [0.25, 0.3) is 0 Å². The number of amides is 2. The first kappa shape index (κ1) is 17.4. The third-order valence-corrected chi connectivity index (χ3v) is 5.25. The minimum Gasteiger partial charge on any atom is -0.462 e. The Morgan fingerprint density at radius 1 is 1.28 bits per heavy atom. The average molecular weight is 362 g/mol. The molecular formula is C18H19FN2O3S.